The van der Waals surface area contributed by atoms with E-state index in [9.17, 15) is 4.79 Å². The van der Waals surface area contributed by atoms with Crippen LogP contribution in [-0.2, 0) is 6.54 Å². The molecular weight excluding hydrogens is 294 g/mol. The van der Waals surface area contributed by atoms with E-state index in [4.69, 9.17) is 9.05 Å². The number of aromatic nitrogens is 2. The summed E-state index contributed by atoms with van der Waals surface area (Å²) >= 11 is 0. The van der Waals surface area contributed by atoms with Crippen LogP contribution in [0.5, 0.6) is 0 Å². The molecule has 0 aliphatic rings. The van der Waals surface area contributed by atoms with Crippen LogP contribution in [0.3, 0.4) is 0 Å². The van der Waals surface area contributed by atoms with Crippen molar-refractivity contribution in [1.29, 1.82) is 0 Å². The summed E-state index contributed by atoms with van der Waals surface area (Å²) in [6.45, 7) is 4.10. The highest BCUT2D eigenvalue weighted by Gasteiger charge is 2.20. The van der Waals surface area contributed by atoms with Crippen LogP contribution in [0.4, 0.5) is 0 Å². The van der Waals surface area contributed by atoms with E-state index in [0.29, 0.717) is 18.1 Å². The molecule has 1 aromatic carbocycles. The average Bonchev–Trinajstić information content (AvgIpc) is 3.17. The Labute approximate surface area is 133 Å². The van der Waals surface area contributed by atoms with Crippen LogP contribution in [0.2, 0.25) is 0 Å². The lowest BCUT2D eigenvalue weighted by Gasteiger charge is -2.15. The van der Waals surface area contributed by atoms with E-state index in [1.165, 1.54) is 0 Å². The molecule has 6 nitrogen and oxygen atoms in total. The molecule has 0 unspecified atom stereocenters. The van der Waals surface area contributed by atoms with Crippen molar-refractivity contribution in [2.45, 2.75) is 20.4 Å². The van der Waals surface area contributed by atoms with Crippen molar-refractivity contribution in [3.05, 3.63) is 59.1 Å². The summed E-state index contributed by atoms with van der Waals surface area (Å²) in [5.41, 5.74) is 2.85. The maximum atomic E-state index is 12.5. The van der Waals surface area contributed by atoms with Gasteiger partial charge in [-0.2, -0.15) is 0 Å². The van der Waals surface area contributed by atoms with Crippen molar-refractivity contribution in [1.82, 2.24) is 15.2 Å². The minimum Gasteiger partial charge on any atom is -0.361 e. The number of hydrogen-bond donors (Lipinski definition) is 0. The summed E-state index contributed by atoms with van der Waals surface area (Å²) in [6.07, 6.45) is 0. The van der Waals surface area contributed by atoms with Gasteiger partial charge in [-0.25, -0.2) is 0 Å². The van der Waals surface area contributed by atoms with Crippen LogP contribution in [0, 0.1) is 13.8 Å². The van der Waals surface area contributed by atoms with Gasteiger partial charge in [0.05, 0.1) is 12.2 Å². The first-order valence-electron chi connectivity index (χ1n) is 7.25. The fraction of sp³-hybridized carbons (Fsp3) is 0.235. The molecule has 3 aromatic rings. The van der Waals surface area contributed by atoms with Crippen LogP contribution < -0.4 is 0 Å². The van der Waals surface area contributed by atoms with Crippen molar-refractivity contribution in [3.63, 3.8) is 0 Å². The SMILES string of the molecule is Cc1noc(C)c1CN(C)C(=O)c1cc(-c2ccccc2)on1. The van der Waals surface area contributed by atoms with Gasteiger partial charge in [-0.1, -0.05) is 40.6 Å². The molecule has 3 rings (SSSR count). The largest absolute Gasteiger partial charge is 0.361 e. The number of carbonyl (C=O) groups excluding carboxylic acids is 1. The number of rotatable bonds is 4. The lowest BCUT2D eigenvalue weighted by molar-refractivity contribution is 0.0774. The van der Waals surface area contributed by atoms with Gasteiger partial charge < -0.3 is 13.9 Å². The van der Waals surface area contributed by atoms with E-state index in [-0.39, 0.29) is 11.6 Å². The van der Waals surface area contributed by atoms with Crippen LogP contribution in [0.25, 0.3) is 11.3 Å². The second-order valence-electron chi connectivity index (χ2n) is 5.41. The second kappa shape index (κ2) is 6.08. The quantitative estimate of drug-likeness (QED) is 0.739. The van der Waals surface area contributed by atoms with Crippen molar-refractivity contribution in [2.24, 2.45) is 0 Å². The summed E-state index contributed by atoms with van der Waals surface area (Å²) in [5.74, 6) is 1.07. The first-order valence-corrected chi connectivity index (χ1v) is 7.25. The summed E-state index contributed by atoms with van der Waals surface area (Å²) < 4.78 is 10.4. The Morgan fingerprint density at radius 1 is 1.13 bits per heavy atom. The van der Waals surface area contributed by atoms with Crippen molar-refractivity contribution in [2.75, 3.05) is 7.05 Å². The molecule has 0 radical (unpaired) electrons. The summed E-state index contributed by atoms with van der Waals surface area (Å²) in [4.78, 5) is 14.1. The van der Waals surface area contributed by atoms with Gasteiger partial charge in [0.15, 0.2) is 11.5 Å². The number of amides is 1. The Bertz CT molecular complexity index is 801. The van der Waals surface area contributed by atoms with E-state index in [1.807, 2.05) is 44.2 Å². The monoisotopic (exact) mass is 311 g/mol. The number of carbonyl (C=O) groups is 1. The van der Waals surface area contributed by atoms with Gasteiger partial charge in [0, 0.05) is 24.2 Å². The topological polar surface area (TPSA) is 72.4 Å². The molecule has 118 valence electrons. The van der Waals surface area contributed by atoms with Gasteiger partial charge in [-0.3, -0.25) is 4.79 Å². The Morgan fingerprint density at radius 3 is 2.52 bits per heavy atom. The molecule has 0 atom stereocenters. The maximum absolute atomic E-state index is 12.5. The smallest absolute Gasteiger partial charge is 0.276 e. The first kappa shape index (κ1) is 15.0. The molecule has 0 saturated heterocycles. The molecule has 0 spiro atoms. The van der Waals surface area contributed by atoms with E-state index in [0.717, 1.165) is 16.8 Å². The van der Waals surface area contributed by atoms with E-state index in [2.05, 4.69) is 10.3 Å². The standard InChI is InChI=1S/C17H17N3O3/c1-11-14(12(2)22-18-11)10-20(3)17(21)15-9-16(23-19-15)13-7-5-4-6-8-13/h4-9H,10H2,1-3H3. The maximum Gasteiger partial charge on any atom is 0.276 e. The summed E-state index contributed by atoms with van der Waals surface area (Å²) in [7, 11) is 1.71. The lowest BCUT2D eigenvalue weighted by Crippen LogP contribution is -2.26. The number of nitrogens with zero attached hydrogens (tertiary/aromatic N) is 3. The van der Waals surface area contributed by atoms with Gasteiger partial charge in [0.25, 0.3) is 5.91 Å². The molecule has 0 fully saturated rings. The van der Waals surface area contributed by atoms with Crippen LogP contribution in [-0.4, -0.2) is 28.2 Å². The Hall–Kier alpha value is -2.89. The van der Waals surface area contributed by atoms with Crippen LogP contribution in [0.1, 0.15) is 27.5 Å². The highest BCUT2D eigenvalue weighted by Crippen LogP contribution is 2.21. The summed E-state index contributed by atoms with van der Waals surface area (Å²) in [5, 5.41) is 7.78. The van der Waals surface area contributed by atoms with Crippen LogP contribution in [0.15, 0.2) is 45.4 Å². The van der Waals surface area contributed by atoms with Crippen molar-refractivity contribution in [3.8, 4) is 11.3 Å². The number of hydrogen-bond acceptors (Lipinski definition) is 5. The fourth-order valence-corrected chi connectivity index (χ4v) is 2.35. The van der Waals surface area contributed by atoms with Gasteiger partial charge in [-0.15, -0.1) is 0 Å². The Kier molecular flexibility index (Phi) is 3.97. The zero-order chi connectivity index (χ0) is 16.4. The van der Waals surface area contributed by atoms with Gasteiger partial charge in [-0.05, 0) is 13.8 Å². The van der Waals surface area contributed by atoms with Crippen molar-refractivity contribution >= 4 is 5.91 Å². The zero-order valence-electron chi connectivity index (χ0n) is 13.2. The van der Waals surface area contributed by atoms with Crippen LogP contribution >= 0.6 is 0 Å². The average molecular weight is 311 g/mol. The minimum atomic E-state index is -0.212. The molecule has 23 heavy (non-hydrogen) atoms. The predicted molar refractivity (Wildman–Crippen MR) is 83.7 cm³/mol. The van der Waals surface area contributed by atoms with E-state index < -0.39 is 0 Å². The molecule has 0 N–H and O–H groups in total. The second-order valence-corrected chi connectivity index (χ2v) is 5.41. The highest BCUT2D eigenvalue weighted by molar-refractivity contribution is 5.92. The molecule has 0 saturated carbocycles. The fourth-order valence-electron chi connectivity index (χ4n) is 2.35. The molecule has 1 amide bonds. The third kappa shape index (κ3) is 3.01. The Balaban J connectivity index is 1.77. The number of benzene rings is 1. The van der Waals surface area contributed by atoms with Gasteiger partial charge in [0.2, 0.25) is 0 Å². The third-order valence-electron chi connectivity index (χ3n) is 3.71. The number of aryl methyl sites for hydroxylation is 2. The van der Waals surface area contributed by atoms with Gasteiger partial charge >= 0.3 is 0 Å². The minimum absolute atomic E-state index is 0.212. The van der Waals surface area contributed by atoms with E-state index >= 15 is 0 Å². The third-order valence-corrected chi connectivity index (χ3v) is 3.71. The molecule has 0 aliphatic carbocycles. The normalized spacial score (nSPS) is 10.7. The van der Waals surface area contributed by atoms with Gasteiger partial charge in [0.1, 0.15) is 5.76 Å². The molecule has 2 aromatic heterocycles. The predicted octanol–water partition coefficient (Wildman–Crippen LogP) is 3.22. The molecule has 6 heteroatoms. The first-order chi connectivity index (χ1) is 11.1. The molecular formula is C17H17N3O3. The summed E-state index contributed by atoms with van der Waals surface area (Å²) in [6, 6.07) is 11.2. The lowest BCUT2D eigenvalue weighted by atomic mass is 10.1. The zero-order valence-corrected chi connectivity index (χ0v) is 13.2. The molecule has 0 bridgehead atoms. The van der Waals surface area contributed by atoms with Crippen molar-refractivity contribution < 1.29 is 13.8 Å². The highest BCUT2D eigenvalue weighted by atomic mass is 16.5. The molecule has 0 aliphatic heterocycles. The van der Waals surface area contributed by atoms with E-state index in [1.54, 1.807) is 18.0 Å². The Morgan fingerprint density at radius 2 is 1.87 bits per heavy atom. The molecule has 2 heterocycles.